The van der Waals surface area contributed by atoms with Gasteiger partial charge in [0.15, 0.2) is 0 Å². The second kappa shape index (κ2) is 3.73. The first-order valence-corrected chi connectivity index (χ1v) is 5.66. The summed E-state index contributed by atoms with van der Waals surface area (Å²) < 4.78 is 0. The Kier molecular flexibility index (Phi) is 2.21. The maximum Gasteiger partial charge on any atom is 0.123 e. The molecule has 2 heteroatoms. The van der Waals surface area contributed by atoms with Crippen LogP contribution in [0.2, 0.25) is 0 Å². The third-order valence-electron chi connectivity index (χ3n) is 3.31. The molecule has 17 heavy (non-hydrogen) atoms. The molecule has 1 saturated heterocycles. The lowest BCUT2D eigenvalue weighted by Gasteiger charge is -2.14. The Morgan fingerprint density at radius 2 is 1.35 bits per heavy atom. The van der Waals surface area contributed by atoms with Crippen molar-refractivity contribution in [3.8, 4) is 6.07 Å². The first-order chi connectivity index (χ1) is 8.38. The van der Waals surface area contributed by atoms with E-state index >= 15 is 0 Å². The predicted molar refractivity (Wildman–Crippen MR) is 66.2 cm³/mol. The van der Waals surface area contributed by atoms with Gasteiger partial charge in [-0.3, -0.25) is 5.32 Å². The number of hydrogen-bond donors (Lipinski definition) is 1. The average Bonchev–Trinajstić information content (AvgIpc) is 3.17. The van der Waals surface area contributed by atoms with Crippen LogP contribution in [-0.4, -0.2) is 6.04 Å². The summed E-state index contributed by atoms with van der Waals surface area (Å²) in [5, 5.41) is 12.5. The van der Waals surface area contributed by atoms with Gasteiger partial charge in [0.1, 0.15) is 6.04 Å². The topological polar surface area (TPSA) is 45.7 Å². The zero-order valence-corrected chi connectivity index (χ0v) is 9.30. The van der Waals surface area contributed by atoms with E-state index in [0.29, 0.717) is 0 Å². The summed E-state index contributed by atoms with van der Waals surface area (Å²) in [4.78, 5) is 0. The molecule has 2 aromatic carbocycles. The minimum Gasteiger partial charge on any atom is -0.284 e. The molecule has 3 rings (SSSR count). The standard InChI is InChI=1S/C15H12N2/c16-11-14-15(17-14,12-7-3-1-4-8-12)13-9-5-2-6-10-13/h1-10,14,17H/t14-/m0/s1. The molecule has 0 unspecified atom stereocenters. The van der Waals surface area contributed by atoms with Crippen molar-refractivity contribution in [3.63, 3.8) is 0 Å². The minimum absolute atomic E-state index is 0.132. The van der Waals surface area contributed by atoms with Gasteiger partial charge in [0.25, 0.3) is 0 Å². The fourth-order valence-corrected chi connectivity index (χ4v) is 2.38. The molecule has 2 nitrogen and oxygen atoms in total. The Morgan fingerprint density at radius 3 is 1.71 bits per heavy atom. The zero-order valence-electron chi connectivity index (χ0n) is 9.30. The van der Waals surface area contributed by atoms with Gasteiger partial charge in [0.05, 0.1) is 11.6 Å². The molecule has 1 aliphatic heterocycles. The highest BCUT2D eigenvalue weighted by atomic mass is 15.2. The van der Waals surface area contributed by atoms with Gasteiger partial charge in [0.2, 0.25) is 0 Å². The van der Waals surface area contributed by atoms with E-state index in [0.717, 1.165) is 11.1 Å². The normalized spacial score (nSPS) is 20.5. The Bertz CT molecular complexity index is 515. The monoisotopic (exact) mass is 220 g/mol. The van der Waals surface area contributed by atoms with Crippen LogP contribution in [0.3, 0.4) is 0 Å². The number of nitriles is 1. The second-order valence-electron chi connectivity index (χ2n) is 4.25. The highest BCUT2D eigenvalue weighted by Gasteiger charge is 2.56. The largest absolute Gasteiger partial charge is 0.284 e. The minimum atomic E-state index is -0.308. The third kappa shape index (κ3) is 1.44. The number of nitrogens with one attached hydrogen (secondary N) is 1. The molecule has 1 N–H and O–H groups in total. The van der Waals surface area contributed by atoms with Crippen molar-refractivity contribution in [3.05, 3.63) is 71.8 Å². The van der Waals surface area contributed by atoms with E-state index in [9.17, 15) is 0 Å². The van der Waals surface area contributed by atoms with E-state index in [1.54, 1.807) is 0 Å². The summed E-state index contributed by atoms with van der Waals surface area (Å²) in [6, 6.07) is 22.5. The molecule has 0 saturated carbocycles. The van der Waals surface area contributed by atoms with Gasteiger partial charge in [-0.1, -0.05) is 60.7 Å². The van der Waals surface area contributed by atoms with Crippen molar-refractivity contribution < 1.29 is 0 Å². The Labute approximate surface area is 101 Å². The van der Waals surface area contributed by atoms with Crippen LogP contribution >= 0.6 is 0 Å². The quantitative estimate of drug-likeness (QED) is 0.790. The molecule has 1 heterocycles. The first-order valence-electron chi connectivity index (χ1n) is 5.66. The highest BCUT2D eigenvalue weighted by Crippen LogP contribution is 2.43. The van der Waals surface area contributed by atoms with Crippen molar-refractivity contribution >= 4 is 0 Å². The number of hydrogen-bond acceptors (Lipinski definition) is 2. The summed E-state index contributed by atoms with van der Waals surface area (Å²) in [7, 11) is 0. The Morgan fingerprint density at radius 1 is 0.882 bits per heavy atom. The molecule has 0 aliphatic carbocycles. The lowest BCUT2D eigenvalue weighted by molar-refractivity contribution is 0.807. The Balaban J connectivity index is 2.12. The van der Waals surface area contributed by atoms with Gasteiger partial charge in [-0.2, -0.15) is 5.26 Å². The van der Waals surface area contributed by atoms with Gasteiger partial charge in [-0.05, 0) is 11.1 Å². The van der Waals surface area contributed by atoms with Crippen molar-refractivity contribution in [1.29, 1.82) is 5.26 Å². The van der Waals surface area contributed by atoms with Crippen molar-refractivity contribution in [2.45, 2.75) is 11.6 Å². The summed E-state index contributed by atoms with van der Waals surface area (Å²) in [6.45, 7) is 0. The molecule has 0 radical (unpaired) electrons. The third-order valence-corrected chi connectivity index (χ3v) is 3.31. The van der Waals surface area contributed by atoms with Gasteiger partial charge in [-0.25, -0.2) is 0 Å². The van der Waals surface area contributed by atoms with E-state index in [2.05, 4.69) is 35.7 Å². The molecule has 1 atom stereocenters. The van der Waals surface area contributed by atoms with Crippen LogP contribution in [-0.2, 0) is 5.54 Å². The summed E-state index contributed by atoms with van der Waals surface area (Å²) in [5.74, 6) is 0. The smallest absolute Gasteiger partial charge is 0.123 e. The molecule has 82 valence electrons. The Hall–Kier alpha value is -2.11. The van der Waals surface area contributed by atoms with Gasteiger partial charge in [0, 0.05) is 0 Å². The maximum absolute atomic E-state index is 9.15. The second-order valence-corrected chi connectivity index (χ2v) is 4.25. The van der Waals surface area contributed by atoms with Gasteiger partial charge in [-0.15, -0.1) is 0 Å². The van der Waals surface area contributed by atoms with Crippen LogP contribution in [0, 0.1) is 11.3 Å². The van der Waals surface area contributed by atoms with Crippen LogP contribution in [0.5, 0.6) is 0 Å². The lowest BCUT2D eigenvalue weighted by Crippen LogP contribution is -2.16. The molecule has 2 aromatic rings. The summed E-state index contributed by atoms with van der Waals surface area (Å²) in [6.07, 6.45) is 0. The highest BCUT2D eigenvalue weighted by molar-refractivity contribution is 5.50. The van der Waals surface area contributed by atoms with Crippen molar-refractivity contribution in [2.75, 3.05) is 0 Å². The SMILES string of the molecule is N#C[C@@H]1NC1(c1ccccc1)c1ccccc1. The van der Waals surface area contributed by atoms with E-state index in [-0.39, 0.29) is 11.6 Å². The van der Waals surface area contributed by atoms with Crippen LogP contribution in [0.4, 0.5) is 0 Å². The summed E-state index contributed by atoms with van der Waals surface area (Å²) >= 11 is 0. The molecule has 0 bridgehead atoms. The predicted octanol–water partition coefficient (Wildman–Crippen LogP) is 2.43. The first kappa shape index (κ1) is 10.1. The molecule has 0 aromatic heterocycles. The average molecular weight is 220 g/mol. The number of rotatable bonds is 2. The number of nitrogens with zero attached hydrogens (tertiary/aromatic N) is 1. The zero-order chi connectivity index (χ0) is 11.7. The van der Waals surface area contributed by atoms with Crippen molar-refractivity contribution in [2.24, 2.45) is 0 Å². The van der Waals surface area contributed by atoms with Crippen LogP contribution < -0.4 is 5.32 Å². The van der Waals surface area contributed by atoms with Crippen LogP contribution in [0.15, 0.2) is 60.7 Å². The van der Waals surface area contributed by atoms with Crippen LogP contribution in [0.25, 0.3) is 0 Å². The summed E-state index contributed by atoms with van der Waals surface area (Å²) in [5.41, 5.74) is 1.99. The fourth-order valence-electron chi connectivity index (χ4n) is 2.38. The van der Waals surface area contributed by atoms with Gasteiger partial charge < -0.3 is 0 Å². The van der Waals surface area contributed by atoms with Gasteiger partial charge >= 0.3 is 0 Å². The molecule has 0 spiro atoms. The van der Waals surface area contributed by atoms with E-state index in [4.69, 9.17) is 5.26 Å². The molecule has 1 fully saturated rings. The van der Waals surface area contributed by atoms with Crippen LogP contribution in [0.1, 0.15) is 11.1 Å². The lowest BCUT2D eigenvalue weighted by atomic mass is 9.88. The molecular weight excluding hydrogens is 208 g/mol. The fraction of sp³-hybridized carbons (Fsp3) is 0.133. The van der Waals surface area contributed by atoms with E-state index < -0.39 is 0 Å². The van der Waals surface area contributed by atoms with E-state index in [1.807, 2.05) is 36.4 Å². The molecular formula is C15H12N2. The molecule has 0 amide bonds. The van der Waals surface area contributed by atoms with E-state index in [1.165, 1.54) is 0 Å². The molecule has 1 aliphatic rings. The van der Waals surface area contributed by atoms with Crippen molar-refractivity contribution in [1.82, 2.24) is 5.32 Å². The maximum atomic E-state index is 9.15. The number of benzene rings is 2.